The second-order valence-electron chi connectivity index (χ2n) is 6.30. The van der Waals surface area contributed by atoms with E-state index in [2.05, 4.69) is 20.2 Å². The highest BCUT2D eigenvalue weighted by molar-refractivity contribution is 7.93. The molecular weight excluding hydrogens is 456 g/mol. The molecule has 0 saturated carbocycles. The second kappa shape index (κ2) is 10.0. The Labute approximate surface area is 187 Å². The fourth-order valence-corrected chi connectivity index (χ4v) is 4.55. The number of benzene rings is 2. The van der Waals surface area contributed by atoms with Crippen molar-refractivity contribution in [2.45, 2.75) is 11.8 Å². The molecule has 0 fully saturated rings. The molecule has 3 N–H and O–H groups in total. The molecule has 0 bridgehead atoms. The van der Waals surface area contributed by atoms with Gasteiger partial charge < -0.3 is 9.84 Å². The van der Waals surface area contributed by atoms with E-state index in [0.29, 0.717) is 17.0 Å². The summed E-state index contributed by atoms with van der Waals surface area (Å²) in [5, 5.41) is 12.5. The first kappa shape index (κ1) is 22.9. The minimum Gasteiger partial charge on any atom is -0.482 e. The van der Waals surface area contributed by atoms with Crippen LogP contribution in [0.3, 0.4) is 0 Å². The molecule has 0 aliphatic rings. The van der Waals surface area contributed by atoms with Gasteiger partial charge >= 0.3 is 5.97 Å². The van der Waals surface area contributed by atoms with Gasteiger partial charge in [-0.2, -0.15) is 5.10 Å². The molecule has 32 heavy (non-hydrogen) atoms. The molecule has 0 aliphatic heterocycles. The van der Waals surface area contributed by atoms with E-state index < -0.39 is 28.5 Å². The van der Waals surface area contributed by atoms with Crippen LogP contribution < -0.4 is 14.9 Å². The Morgan fingerprint density at radius 1 is 1.16 bits per heavy atom. The summed E-state index contributed by atoms with van der Waals surface area (Å²) in [7, 11) is -3.81. The molecule has 166 valence electrons. The highest BCUT2D eigenvalue weighted by atomic mass is 32.2. The number of aromatic nitrogens is 1. The fourth-order valence-electron chi connectivity index (χ4n) is 2.44. The zero-order valence-corrected chi connectivity index (χ0v) is 18.3. The van der Waals surface area contributed by atoms with E-state index in [-0.39, 0.29) is 14.9 Å². The SMILES string of the molecule is Cc1nc(NS(=O)(=O)c2ccccc2)sc1C(=O)N/N=C/c1ccc(OCC(=O)O)cc1. The maximum Gasteiger partial charge on any atom is 0.341 e. The van der Waals surface area contributed by atoms with Gasteiger partial charge in [-0.3, -0.25) is 9.52 Å². The lowest BCUT2D eigenvalue weighted by Crippen LogP contribution is -2.17. The number of aryl methyl sites for hydroxylation is 1. The summed E-state index contributed by atoms with van der Waals surface area (Å²) in [6, 6.07) is 14.3. The molecular formula is C20H18N4O6S2. The number of nitrogens with one attached hydrogen (secondary N) is 2. The molecule has 1 aromatic heterocycles. The molecule has 1 amide bonds. The van der Waals surface area contributed by atoms with Crippen LogP contribution >= 0.6 is 11.3 Å². The van der Waals surface area contributed by atoms with E-state index in [1.807, 2.05) is 0 Å². The first-order chi connectivity index (χ1) is 15.2. The van der Waals surface area contributed by atoms with Crippen molar-refractivity contribution < 1.29 is 27.9 Å². The van der Waals surface area contributed by atoms with Crippen LogP contribution in [0.15, 0.2) is 64.6 Å². The Morgan fingerprint density at radius 2 is 1.84 bits per heavy atom. The van der Waals surface area contributed by atoms with Crippen molar-refractivity contribution in [2.24, 2.45) is 5.10 Å². The van der Waals surface area contributed by atoms with E-state index in [1.165, 1.54) is 18.3 Å². The predicted octanol–water partition coefficient (Wildman–Crippen LogP) is 2.48. The summed E-state index contributed by atoms with van der Waals surface area (Å²) in [6.07, 6.45) is 1.40. The zero-order valence-electron chi connectivity index (χ0n) is 16.7. The van der Waals surface area contributed by atoms with Gasteiger partial charge in [-0.1, -0.05) is 29.5 Å². The minimum absolute atomic E-state index is 0.0671. The predicted molar refractivity (Wildman–Crippen MR) is 119 cm³/mol. The normalized spacial score (nSPS) is 11.3. The molecule has 0 aliphatic carbocycles. The number of sulfonamides is 1. The van der Waals surface area contributed by atoms with E-state index >= 15 is 0 Å². The Bertz CT molecular complexity index is 1240. The third kappa shape index (κ3) is 6.12. The average molecular weight is 475 g/mol. The van der Waals surface area contributed by atoms with Gasteiger partial charge in [-0.25, -0.2) is 23.6 Å². The lowest BCUT2D eigenvalue weighted by atomic mass is 10.2. The summed E-state index contributed by atoms with van der Waals surface area (Å²) in [6.45, 7) is 1.15. The van der Waals surface area contributed by atoms with E-state index in [9.17, 15) is 18.0 Å². The maximum absolute atomic E-state index is 12.4. The number of ether oxygens (including phenoxy) is 1. The molecule has 0 unspecified atom stereocenters. The molecule has 0 saturated heterocycles. The number of aliphatic carboxylic acids is 1. The van der Waals surface area contributed by atoms with Crippen LogP contribution in [0, 0.1) is 6.92 Å². The third-order valence-electron chi connectivity index (χ3n) is 3.90. The first-order valence-corrected chi connectivity index (χ1v) is 11.4. The van der Waals surface area contributed by atoms with Crippen molar-refractivity contribution in [1.29, 1.82) is 0 Å². The number of thiazole rings is 1. The highest BCUT2D eigenvalue weighted by Crippen LogP contribution is 2.25. The van der Waals surface area contributed by atoms with Crippen molar-refractivity contribution in [2.75, 3.05) is 11.3 Å². The number of carboxylic acid groups (broad SMARTS) is 1. The minimum atomic E-state index is -3.81. The third-order valence-corrected chi connectivity index (χ3v) is 6.46. The van der Waals surface area contributed by atoms with Crippen molar-refractivity contribution in [3.8, 4) is 5.75 Å². The Hall–Kier alpha value is -3.77. The number of carbonyl (C=O) groups is 2. The smallest absolute Gasteiger partial charge is 0.341 e. The summed E-state index contributed by atoms with van der Waals surface area (Å²) < 4.78 is 32.2. The van der Waals surface area contributed by atoms with Crippen LogP contribution in [0.25, 0.3) is 0 Å². The summed E-state index contributed by atoms with van der Waals surface area (Å²) in [5.41, 5.74) is 3.36. The summed E-state index contributed by atoms with van der Waals surface area (Å²) >= 11 is 0.893. The Morgan fingerprint density at radius 3 is 2.50 bits per heavy atom. The number of hydrazone groups is 1. The van der Waals surface area contributed by atoms with Gasteiger partial charge in [-0.15, -0.1) is 0 Å². The zero-order chi connectivity index (χ0) is 23.1. The molecule has 0 spiro atoms. The van der Waals surface area contributed by atoms with Crippen molar-refractivity contribution in [3.63, 3.8) is 0 Å². The Balaban J connectivity index is 1.61. The number of anilines is 1. The average Bonchev–Trinajstić information content (AvgIpc) is 3.13. The van der Waals surface area contributed by atoms with Gasteiger partial charge in [0.05, 0.1) is 16.8 Å². The van der Waals surface area contributed by atoms with Crippen LogP contribution in [-0.2, 0) is 14.8 Å². The lowest BCUT2D eigenvalue weighted by molar-refractivity contribution is -0.139. The number of rotatable bonds is 9. The molecule has 1 heterocycles. The molecule has 12 heteroatoms. The largest absolute Gasteiger partial charge is 0.482 e. The fraction of sp³-hybridized carbons (Fsp3) is 0.100. The van der Waals surface area contributed by atoms with Crippen LogP contribution in [0.4, 0.5) is 5.13 Å². The van der Waals surface area contributed by atoms with Gasteiger partial charge in [0, 0.05) is 0 Å². The van der Waals surface area contributed by atoms with Gasteiger partial charge in [0.25, 0.3) is 15.9 Å². The molecule has 3 rings (SSSR count). The molecule has 2 aromatic carbocycles. The number of carboxylic acids is 1. The summed E-state index contributed by atoms with van der Waals surface area (Å²) in [5.74, 6) is -1.23. The van der Waals surface area contributed by atoms with E-state index in [1.54, 1.807) is 49.4 Å². The number of hydrogen-bond acceptors (Lipinski definition) is 8. The monoisotopic (exact) mass is 474 g/mol. The number of amides is 1. The maximum atomic E-state index is 12.4. The first-order valence-electron chi connectivity index (χ1n) is 9.08. The lowest BCUT2D eigenvalue weighted by Gasteiger charge is -2.04. The van der Waals surface area contributed by atoms with E-state index in [4.69, 9.17) is 9.84 Å². The second-order valence-corrected chi connectivity index (χ2v) is 8.98. The topological polar surface area (TPSA) is 147 Å². The molecule has 10 nitrogen and oxygen atoms in total. The molecule has 3 aromatic rings. The number of carbonyl (C=O) groups excluding carboxylic acids is 1. The van der Waals surface area contributed by atoms with Crippen molar-refractivity contribution in [1.82, 2.24) is 10.4 Å². The van der Waals surface area contributed by atoms with Gasteiger partial charge in [0.1, 0.15) is 10.6 Å². The molecule has 0 atom stereocenters. The summed E-state index contributed by atoms with van der Waals surface area (Å²) in [4.78, 5) is 27.3. The van der Waals surface area contributed by atoms with Crippen LogP contribution in [0.2, 0.25) is 0 Å². The standard InChI is InChI=1S/C20H18N4O6S2/c1-13-18(31-20(22-13)24-32(28,29)16-5-3-2-4-6-16)19(27)23-21-11-14-7-9-15(10-8-14)30-12-17(25)26/h2-11H,12H2,1H3,(H,22,24)(H,23,27)(H,25,26)/b21-11+. The quantitative estimate of drug-likeness (QED) is 0.319. The van der Waals surface area contributed by atoms with Crippen LogP contribution in [0.5, 0.6) is 5.75 Å². The molecule has 0 radical (unpaired) electrons. The number of hydrogen-bond donors (Lipinski definition) is 3. The van der Waals surface area contributed by atoms with Gasteiger partial charge in [0.15, 0.2) is 11.7 Å². The van der Waals surface area contributed by atoms with E-state index in [0.717, 1.165) is 11.3 Å². The van der Waals surface area contributed by atoms with Crippen molar-refractivity contribution >= 4 is 44.6 Å². The van der Waals surface area contributed by atoms with Gasteiger partial charge in [0.2, 0.25) is 0 Å². The van der Waals surface area contributed by atoms with Crippen LogP contribution in [-0.4, -0.2) is 43.2 Å². The number of nitrogens with zero attached hydrogens (tertiary/aromatic N) is 2. The van der Waals surface area contributed by atoms with Crippen molar-refractivity contribution in [3.05, 3.63) is 70.7 Å². The Kier molecular flexibility index (Phi) is 7.18. The van der Waals surface area contributed by atoms with Crippen LogP contribution in [0.1, 0.15) is 20.9 Å². The van der Waals surface area contributed by atoms with Gasteiger partial charge in [-0.05, 0) is 48.9 Å². The highest BCUT2D eigenvalue weighted by Gasteiger charge is 2.20.